The number of carbonyl (C=O) groups excluding carboxylic acids is 2. The van der Waals surface area contributed by atoms with E-state index in [1.807, 2.05) is 18.2 Å². The number of carbonyl (C=O) groups is 2. The summed E-state index contributed by atoms with van der Waals surface area (Å²) < 4.78 is 10.7. The van der Waals surface area contributed by atoms with Crippen LogP contribution in [0.25, 0.3) is 0 Å². The Bertz CT molecular complexity index is 851. The Hall–Kier alpha value is -2.96. The topological polar surface area (TPSA) is 90.4 Å². The highest BCUT2D eigenvalue weighted by atomic mass is 16.5. The Labute approximate surface area is 151 Å². The van der Waals surface area contributed by atoms with E-state index >= 15 is 0 Å². The Balaban J connectivity index is 1.92. The zero-order chi connectivity index (χ0) is 18.7. The molecule has 0 fully saturated rings. The molecule has 1 N–H and O–H groups in total. The zero-order valence-electron chi connectivity index (χ0n) is 15.0. The molecule has 0 bridgehead atoms. The second kappa shape index (κ2) is 7.51. The van der Waals surface area contributed by atoms with E-state index in [1.54, 1.807) is 21.1 Å². The normalized spacial score (nSPS) is 16.0. The van der Waals surface area contributed by atoms with Crippen molar-refractivity contribution in [3.63, 3.8) is 0 Å². The largest absolute Gasteiger partial charge is 0.497 e. The minimum atomic E-state index is -0.166. The number of hydrogen-bond donors (Lipinski definition) is 1. The van der Waals surface area contributed by atoms with Gasteiger partial charge in [-0.15, -0.1) is 0 Å². The third-order valence-corrected chi connectivity index (χ3v) is 4.49. The fraction of sp³-hybridized carbons (Fsp3) is 0.368. The van der Waals surface area contributed by atoms with E-state index in [-0.39, 0.29) is 23.6 Å². The zero-order valence-corrected chi connectivity index (χ0v) is 15.0. The number of ether oxygens (including phenoxy) is 2. The van der Waals surface area contributed by atoms with Gasteiger partial charge in [0.15, 0.2) is 5.78 Å². The molecule has 26 heavy (non-hydrogen) atoms. The van der Waals surface area contributed by atoms with Crippen molar-refractivity contribution in [1.29, 1.82) is 0 Å². The Kier molecular flexibility index (Phi) is 5.16. The molecule has 0 aliphatic heterocycles. The number of amides is 1. The van der Waals surface area contributed by atoms with E-state index in [0.29, 0.717) is 42.0 Å². The van der Waals surface area contributed by atoms with Crippen molar-refractivity contribution in [2.24, 2.45) is 0 Å². The molecule has 136 valence electrons. The quantitative estimate of drug-likeness (QED) is 0.887. The second-order valence-electron chi connectivity index (χ2n) is 6.09. The summed E-state index contributed by atoms with van der Waals surface area (Å²) in [4.78, 5) is 32.6. The number of hydrogen-bond acceptors (Lipinski definition) is 6. The van der Waals surface area contributed by atoms with E-state index in [1.165, 1.54) is 6.20 Å². The molecule has 0 saturated carbocycles. The SMILES string of the molecule is CCC(=O)Nc1ncc2c(n1)C[C@@H](c1ccc(OC)cc1OC)CC2=O. The molecule has 1 aromatic heterocycles. The van der Waals surface area contributed by atoms with Gasteiger partial charge in [0.05, 0.1) is 25.5 Å². The lowest BCUT2D eigenvalue weighted by atomic mass is 9.82. The molecular formula is C19H21N3O4. The van der Waals surface area contributed by atoms with Gasteiger partial charge in [0.1, 0.15) is 11.5 Å². The van der Waals surface area contributed by atoms with Crippen LogP contribution in [-0.2, 0) is 11.2 Å². The lowest BCUT2D eigenvalue weighted by Gasteiger charge is -2.25. The first-order chi connectivity index (χ1) is 12.5. The number of benzene rings is 1. The number of fused-ring (bicyclic) bond motifs is 1. The third kappa shape index (κ3) is 3.51. The lowest BCUT2D eigenvalue weighted by molar-refractivity contribution is -0.115. The summed E-state index contributed by atoms with van der Waals surface area (Å²) in [6.07, 6.45) is 2.77. The van der Waals surface area contributed by atoms with Gasteiger partial charge in [0.25, 0.3) is 0 Å². The van der Waals surface area contributed by atoms with Crippen LogP contribution >= 0.6 is 0 Å². The van der Waals surface area contributed by atoms with Gasteiger partial charge in [-0.1, -0.05) is 13.0 Å². The molecule has 1 heterocycles. The van der Waals surface area contributed by atoms with Gasteiger partial charge in [-0.2, -0.15) is 0 Å². The number of aromatic nitrogens is 2. The molecule has 1 aliphatic rings. The predicted octanol–water partition coefficient (Wildman–Crippen LogP) is 2.76. The molecule has 3 rings (SSSR count). The fourth-order valence-electron chi connectivity index (χ4n) is 3.09. The van der Waals surface area contributed by atoms with Gasteiger partial charge in [0, 0.05) is 31.0 Å². The van der Waals surface area contributed by atoms with Crippen LogP contribution in [0.2, 0.25) is 0 Å². The summed E-state index contributed by atoms with van der Waals surface area (Å²) in [5.41, 5.74) is 2.10. The molecule has 0 spiro atoms. The van der Waals surface area contributed by atoms with Crippen LogP contribution in [0.1, 0.15) is 47.3 Å². The van der Waals surface area contributed by atoms with Crippen molar-refractivity contribution in [3.05, 3.63) is 41.2 Å². The molecule has 1 atom stereocenters. The van der Waals surface area contributed by atoms with Crippen molar-refractivity contribution < 1.29 is 19.1 Å². The van der Waals surface area contributed by atoms with E-state index in [0.717, 1.165) is 5.56 Å². The van der Waals surface area contributed by atoms with E-state index in [9.17, 15) is 9.59 Å². The van der Waals surface area contributed by atoms with Crippen LogP contribution < -0.4 is 14.8 Å². The minimum absolute atomic E-state index is 0.0116. The van der Waals surface area contributed by atoms with E-state index in [4.69, 9.17) is 9.47 Å². The van der Waals surface area contributed by atoms with Gasteiger partial charge >= 0.3 is 0 Å². The summed E-state index contributed by atoms with van der Waals surface area (Å²) in [6, 6.07) is 5.58. The van der Waals surface area contributed by atoms with Crippen LogP contribution in [0.3, 0.4) is 0 Å². The van der Waals surface area contributed by atoms with Gasteiger partial charge < -0.3 is 9.47 Å². The molecule has 7 nitrogen and oxygen atoms in total. The maximum atomic E-state index is 12.5. The monoisotopic (exact) mass is 355 g/mol. The van der Waals surface area contributed by atoms with Gasteiger partial charge in [-0.3, -0.25) is 14.9 Å². The third-order valence-electron chi connectivity index (χ3n) is 4.49. The molecule has 1 amide bonds. The van der Waals surface area contributed by atoms with Crippen LogP contribution in [0.4, 0.5) is 5.95 Å². The smallest absolute Gasteiger partial charge is 0.229 e. The van der Waals surface area contributed by atoms with Crippen molar-refractivity contribution in [3.8, 4) is 11.5 Å². The molecule has 0 radical (unpaired) electrons. The molecule has 7 heteroatoms. The van der Waals surface area contributed by atoms with Gasteiger partial charge in [-0.25, -0.2) is 9.97 Å². The van der Waals surface area contributed by atoms with Crippen molar-refractivity contribution in [1.82, 2.24) is 9.97 Å². The number of nitrogens with one attached hydrogen (secondary N) is 1. The highest BCUT2D eigenvalue weighted by molar-refractivity contribution is 5.99. The Morgan fingerprint density at radius 1 is 1.27 bits per heavy atom. The number of anilines is 1. The average molecular weight is 355 g/mol. The van der Waals surface area contributed by atoms with Crippen molar-refractivity contribution >= 4 is 17.6 Å². The molecule has 1 aromatic carbocycles. The maximum absolute atomic E-state index is 12.5. The minimum Gasteiger partial charge on any atom is -0.497 e. The average Bonchev–Trinajstić information content (AvgIpc) is 2.66. The molecule has 1 aliphatic carbocycles. The lowest BCUT2D eigenvalue weighted by Crippen LogP contribution is -2.22. The number of ketones is 1. The summed E-state index contributed by atoms with van der Waals surface area (Å²) >= 11 is 0. The Morgan fingerprint density at radius 2 is 2.08 bits per heavy atom. The van der Waals surface area contributed by atoms with E-state index < -0.39 is 0 Å². The summed E-state index contributed by atoms with van der Waals surface area (Å²) in [5.74, 6) is 1.37. The summed E-state index contributed by atoms with van der Waals surface area (Å²) in [7, 11) is 3.19. The highest BCUT2D eigenvalue weighted by Crippen LogP contribution is 2.38. The highest BCUT2D eigenvalue weighted by Gasteiger charge is 2.30. The molecule has 0 unspecified atom stereocenters. The first kappa shape index (κ1) is 17.8. The number of methoxy groups -OCH3 is 2. The van der Waals surface area contributed by atoms with Crippen molar-refractivity contribution in [2.45, 2.75) is 32.1 Å². The summed E-state index contributed by atoms with van der Waals surface area (Å²) in [5, 5.41) is 2.64. The number of rotatable bonds is 5. The van der Waals surface area contributed by atoms with Crippen LogP contribution in [0.15, 0.2) is 24.4 Å². The predicted molar refractivity (Wildman–Crippen MR) is 95.9 cm³/mol. The van der Waals surface area contributed by atoms with Crippen LogP contribution in [-0.4, -0.2) is 35.9 Å². The van der Waals surface area contributed by atoms with Gasteiger partial charge in [0.2, 0.25) is 11.9 Å². The Morgan fingerprint density at radius 3 is 2.77 bits per heavy atom. The number of nitrogens with zero attached hydrogens (tertiary/aromatic N) is 2. The second-order valence-corrected chi connectivity index (χ2v) is 6.09. The van der Waals surface area contributed by atoms with Crippen LogP contribution in [0, 0.1) is 0 Å². The van der Waals surface area contributed by atoms with E-state index in [2.05, 4.69) is 15.3 Å². The molecule has 2 aromatic rings. The summed E-state index contributed by atoms with van der Waals surface area (Å²) in [6.45, 7) is 1.75. The standard InChI is InChI=1S/C19H21N3O4/c1-4-18(24)22-19-20-10-14-15(21-19)7-11(8-16(14)23)13-6-5-12(25-2)9-17(13)26-3/h5-6,9-11H,4,7-8H2,1-3H3,(H,20,21,22,24)/t11-/m1/s1. The number of Topliss-reactive ketones (excluding diaryl/α,β-unsaturated/α-hetero) is 1. The maximum Gasteiger partial charge on any atom is 0.229 e. The van der Waals surface area contributed by atoms with Crippen LogP contribution in [0.5, 0.6) is 11.5 Å². The molecule has 0 saturated heterocycles. The molecular weight excluding hydrogens is 334 g/mol. The first-order valence-corrected chi connectivity index (χ1v) is 8.46. The van der Waals surface area contributed by atoms with Gasteiger partial charge in [-0.05, 0) is 18.1 Å². The van der Waals surface area contributed by atoms with Crippen molar-refractivity contribution in [2.75, 3.05) is 19.5 Å². The first-order valence-electron chi connectivity index (χ1n) is 8.46. The fourth-order valence-corrected chi connectivity index (χ4v) is 3.09.